The van der Waals surface area contributed by atoms with Gasteiger partial charge in [0, 0.05) is 38.1 Å². The van der Waals surface area contributed by atoms with Gasteiger partial charge >= 0.3 is 6.09 Å². The molecule has 1 aliphatic heterocycles. The van der Waals surface area contributed by atoms with Crippen molar-refractivity contribution in [3.8, 4) is 0 Å². The molecule has 1 aromatic carbocycles. The second-order valence-electron chi connectivity index (χ2n) is 8.56. The number of aromatic nitrogens is 1. The van der Waals surface area contributed by atoms with Crippen molar-refractivity contribution in [3.05, 3.63) is 27.6 Å². The largest absolute Gasteiger partial charge is 0.444 e. The van der Waals surface area contributed by atoms with Crippen LogP contribution in [0.4, 0.5) is 20.6 Å². The summed E-state index contributed by atoms with van der Waals surface area (Å²) in [5, 5.41) is 0.703. The van der Waals surface area contributed by atoms with Crippen molar-refractivity contribution in [3.63, 3.8) is 0 Å². The first-order chi connectivity index (χ1) is 14.4. The van der Waals surface area contributed by atoms with Gasteiger partial charge in [0.05, 0.1) is 27.1 Å². The predicted molar refractivity (Wildman–Crippen MR) is 123 cm³/mol. The van der Waals surface area contributed by atoms with Crippen molar-refractivity contribution in [1.29, 1.82) is 0 Å². The number of hydrogen-bond acceptors (Lipinski definition) is 5. The van der Waals surface area contributed by atoms with E-state index < -0.39 is 11.4 Å². The molecule has 1 atom stereocenters. The number of benzene rings is 1. The number of piperazine rings is 1. The number of rotatable bonds is 3. The smallest absolute Gasteiger partial charge is 0.410 e. The van der Waals surface area contributed by atoms with Crippen molar-refractivity contribution in [2.75, 3.05) is 36.5 Å². The lowest BCUT2D eigenvalue weighted by Crippen LogP contribution is -2.55. The van der Waals surface area contributed by atoms with Crippen molar-refractivity contribution >= 4 is 62.3 Å². The molecule has 0 radical (unpaired) electrons. The van der Waals surface area contributed by atoms with Crippen LogP contribution in [-0.2, 0) is 9.53 Å². The third-order valence-corrected chi connectivity index (χ3v) is 6.36. The van der Waals surface area contributed by atoms with E-state index in [1.165, 1.54) is 11.1 Å². The minimum Gasteiger partial charge on any atom is -0.444 e. The molecular weight excluding hydrogens is 491 g/mol. The van der Waals surface area contributed by atoms with Crippen molar-refractivity contribution in [1.82, 2.24) is 9.88 Å². The number of pyridine rings is 1. The maximum atomic E-state index is 14.9. The first-order valence-corrected chi connectivity index (χ1v) is 11.0. The Labute approximate surface area is 194 Å². The van der Waals surface area contributed by atoms with Crippen LogP contribution in [-0.4, -0.2) is 60.7 Å². The summed E-state index contributed by atoms with van der Waals surface area (Å²) in [6.45, 7) is 8.75. The number of carbonyl (C=O) groups excluding carboxylic acids is 2. The van der Waals surface area contributed by atoms with Crippen LogP contribution in [0.3, 0.4) is 0 Å². The van der Waals surface area contributed by atoms with Crippen LogP contribution < -0.4 is 9.80 Å². The SMILES string of the molecule is CC1CN(c2c(N(C)C=O)cnc3c(F)c(Br)c(Cl)cc23)CCN1C(=O)OC(C)(C)C. The van der Waals surface area contributed by atoms with Gasteiger partial charge in [0.15, 0.2) is 5.82 Å². The molecule has 31 heavy (non-hydrogen) atoms. The molecule has 2 aromatic rings. The van der Waals surface area contributed by atoms with Crippen LogP contribution in [0.25, 0.3) is 10.9 Å². The van der Waals surface area contributed by atoms with Gasteiger partial charge in [0.1, 0.15) is 11.1 Å². The Morgan fingerprint density at radius 2 is 2.10 bits per heavy atom. The summed E-state index contributed by atoms with van der Waals surface area (Å²) in [4.78, 5) is 33.4. The normalized spacial score (nSPS) is 17.1. The lowest BCUT2D eigenvalue weighted by Gasteiger charge is -2.42. The Morgan fingerprint density at radius 1 is 1.42 bits per heavy atom. The fourth-order valence-electron chi connectivity index (χ4n) is 3.62. The highest BCUT2D eigenvalue weighted by molar-refractivity contribution is 9.10. The number of anilines is 2. The maximum absolute atomic E-state index is 14.9. The zero-order valence-corrected chi connectivity index (χ0v) is 20.4. The molecule has 1 aromatic heterocycles. The molecule has 1 fully saturated rings. The van der Waals surface area contributed by atoms with Crippen LogP contribution in [0.5, 0.6) is 0 Å². The van der Waals surface area contributed by atoms with E-state index in [-0.39, 0.29) is 27.1 Å². The quantitative estimate of drug-likeness (QED) is 0.433. The van der Waals surface area contributed by atoms with Crippen molar-refractivity contribution < 1.29 is 18.7 Å². The molecule has 1 unspecified atom stereocenters. The van der Waals surface area contributed by atoms with Gasteiger partial charge in [-0.25, -0.2) is 9.18 Å². The maximum Gasteiger partial charge on any atom is 0.410 e. The predicted octanol–water partition coefficient (Wildman–Crippen LogP) is 4.83. The highest BCUT2D eigenvalue weighted by Crippen LogP contribution is 2.41. The molecular formula is C21H25BrClFN4O3. The third-order valence-electron chi connectivity index (χ3n) is 5.06. The van der Waals surface area contributed by atoms with Gasteiger partial charge < -0.3 is 19.4 Å². The number of fused-ring (bicyclic) bond motifs is 1. The van der Waals surface area contributed by atoms with E-state index in [0.717, 1.165) is 0 Å². The standard InChI is InChI=1S/C21H25BrClFN4O3/c1-12-10-27(6-7-28(12)20(30)31-21(2,3)4)19-13-8-14(23)16(22)17(24)18(13)25-9-15(19)26(5)11-29/h8-9,11-12H,6-7,10H2,1-5H3. The highest BCUT2D eigenvalue weighted by Gasteiger charge is 2.33. The molecule has 3 rings (SSSR count). The molecule has 1 saturated heterocycles. The molecule has 0 N–H and O–H groups in total. The molecule has 0 bridgehead atoms. The van der Waals surface area contributed by atoms with E-state index in [2.05, 4.69) is 20.9 Å². The Morgan fingerprint density at radius 3 is 2.68 bits per heavy atom. The first-order valence-electron chi connectivity index (χ1n) is 9.83. The molecule has 7 nitrogen and oxygen atoms in total. The van der Waals surface area contributed by atoms with Crippen LogP contribution >= 0.6 is 27.5 Å². The number of amides is 2. The van der Waals surface area contributed by atoms with E-state index in [1.54, 1.807) is 18.0 Å². The Bertz CT molecular complexity index is 1030. The summed E-state index contributed by atoms with van der Waals surface area (Å²) in [5.74, 6) is -0.565. The number of ether oxygens (including phenoxy) is 1. The average Bonchev–Trinajstić information content (AvgIpc) is 2.69. The lowest BCUT2D eigenvalue weighted by atomic mass is 10.1. The second-order valence-corrected chi connectivity index (χ2v) is 9.76. The van der Waals surface area contributed by atoms with E-state index in [1.807, 2.05) is 32.6 Å². The Hall–Kier alpha value is -2.13. The summed E-state index contributed by atoms with van der Waals surface area (Å²) in [6, 6.07) is 1.47. The van der Waals surface area contributed by atoms with E-state index in [4.69, 9.17) is 16.3 Å². The van der Waals surface area contributed by atoms with Crippen LogP contribution in [0.15, 0.2) is 16.7 Å². The fraction of sp³-hybridized carbons (Fsp3) is 0.476. The zero-order chi connectivity index (χ0) is 23.1. The molecule has 2 amide bonds. The average molecular weight is 516 g/mol. The van der Waals surface area contributed by atoms with Crippen LogP contribution in [0.2, 0.25) is 5.02 Å². The minimum atomic E-state index is -0.587. The fourth-order valence-corrected chi connectivity index (χ4v) is 4.11. The van der Waals surface area contributed by atoms with Gasteiger partial charge in [-0.3, -0.25) is 9.78 Å². The van der Waals surface area contributed by atoms with Crippen LogP contribution in [0.1, 0.15) is 27.7 Å². The van der Waals surface area contributed by atoms with Gasteiger partial charge in [-0.2, -0.15) is 0 Å². The number of nitrogens with zero attached hydrogens (tertiary/aromatic N) is 4. The highest BCUT2D eigenvalue weighted by atomic mass is 79.9. The first kappa shape index (κ1) is 23.5. The Balaban J connectivity index is 2.04. The monoisotopic (exact) mass is 514 g/mol. The molecule has 1 aliphatic rings. The number of halogens is 3. The van der Waals surface area contributed by atoms with Gasteiger partial charge in [0.2, 0.25) is 6.41 Å². The lowest BCUT2D eigenvalue weighted by molar-refractivity contribution is -0.107. The van der Waals surface area contributed by atoms with Crippen LogP contribution in [0, 0.1) is 5.82 Å². The molecule has 0 saturated carbocycles. The summed E-state index contributed by atoms with van der Waals surface area (Å²) < 4.78 is 20.5. The van der Waals surface area contributed by atoms with Crippen molar-refractivity contribution in [2.45, 2.75) is 39.3 Å². The van der Waals surface area contributed by atoms with Gasteiger partial charge in [0.25, 0.3) is 0 Å². The van der Waals surface area contributed by atoms with Gasteiger partial charge in [-0.1, -0.05) is 11.6 Å². The van der Waals surface area contributed by atoms with E-state index in [0.29, 0.717) is 42.8 Å². The Kier molecular flexibility index (Phi) is 6.67. The molecule has 0 spiro atoms. The second kappa shape index (κ2) is 8.78. The zero-order valence-electron chi connectivity index (χ0n) is 18.1. The van der Waals surface area contributed by atoms with E-state index in [9.17, 15) is 14.0 Å². The molecule has 168 valence electrons. The van der Waals surface area contributed by atoms with Gasteiger partial charge in [-0.05, 0) is 49.7 Å². The topological polar surface area (TPSA) is 66.0 Å². The molecule has 10 heteroatoms. The third kappa shape index (κ3) is 4.72. The summed E-state index contributed by atoms with van der Waals surface area (Å²) in [6.07, 6.45) is 1.77. The summed E-state index contributed by atoms with van der Waals surface area (Å²) in [5.41, 5.74) is 0.731. The van der Waals surface area contributed by atoms with E-state index >= 15 is 0 Å². The summed E-state index contributed by atoms with van der Waals surface area (Å²) in [7, 11) is 1.61. The van der Waals surface area contributed by atoms with Crippen molar-refractivity contribution in [2.24, 2.45) is 0 Å². The number of carbonyl (C=O) groups is 2. The minimum absolute atomic E-state index is 0.139. The molecule has 0 aliphatic carbocycles. The molecule has 2 heterocycles. The number of hydrogen-bond donors (Lipinski definition) is 0. The summed E-state index contributed by atoms with van der Waals surface area (Å²) >= 11 is 9.39. The van der Waals surface area contributed by atoms with Gasteiger partial charge in [-0.15, -0.1) is 0 Å².